The zero-order valence-electron chi connectivity index (χ0n) is 13.2. The molecule has 25 heavy (non-hydrogen) atoms. The number of para-hydroxylation sites is 2. The number of quaternary nitrogens is 1. The molecule has 4 rings (SSSR count). The van der Waals surface area contributed by atoms with Crippen LogP contribution >= 0.6 is 12.4 Å². The van der Waals surface area contributed by atoms with E-state index in [0.717, 1.165) is 22.8 Å². The second-order valence-electron chi connectivity index (χ2n) is 5.28. The molecule has 0 bridgehead atoms. The standard InChI is InChI=1S/C19H15N4.2ClH/c1-4-10-16(11-5-1)19-20-21-22-23(19,17-12-6-2-7-13-17)18-14-8-3-9-15-18;;/h1-15H;2*1H/q+1;;/p-1. The van der Waals surface area contributed by atoms with Crippen molar-refractivity contribution in [2.24, 2.45) is 15.5 Å². The summed E-state index contributed by atoms with van der Waals surface area (Å²) in [6.07, 6.45) is 0. The smallest absolute Gasteiger partial charge is 0.294 e. The maximum atomic E-state index is 4.52. The molecule has 6 heteroatoms. The highest BCUT2D eigenvalue weighted by atomic mass is 35.5. The molecule has 1 aliphatic heterocycles. The van der Waals surface area contributed by atoms with Crippen molar-refractivity contribution >= 4 is 29.6 Å². The van der Waals surface area contributed by atoms with Gasteiger partial charge in [0.2, 0.25) is 0 Å². The number of nitrogens with zero attached hydrogens (tertiary/aromatic N) is 4. The molecule has 3 aromatic rings. The highest BCUT2D eigenvalue weighted by Gasteiger charge is 2.45. The van der Waals surface area contributed by atoms with Gasteiger partial charge in [-0.2, -0.15) is 0 Å². The van der Waals surface area contributed by atoms with E-state index in [2.05, 4.69) is 39.8 Å². The Morgan fingerprint density at radius 3 is 1.52 bits per heavy atom. The molecule has 3 aromatic carbocycles. The van der Waals surface area contributed by atoms with Crippen molar-refractivity contribution in [2.75, 3.05) is 0 Å². The number of halogens is 2. The SMILES string of the molecule is Cl.[Cl-].c1ccc(C2=NN=N[N+]2(c2ccccc2)c2ccccc2)cc1. The molecular formula is C19H16Cl2N4. The van der Waals surface area contributed by atoms with Crippen LogP contribution in [0, 0.1) is 0 Å². The third-order valence-electron chi connectivity index (χ3n) is 3.91. The van der Waals surface area contributed by atoms with Crippen LogP contribution in [-0.4, -0.2) is 5.84 Å². The van der Waals surface area contributed by atoms with Crippen molar-refractivity contribution in [1.29, 1.82) is 0 Å². The van der Waals surface area contributed by atoms with Gasteiger partial charge in [-0.25, -0.2) is 0 Å². The number of amidine groups is 1. The van der Waals surface area contributed by atoms with Gasteiger partial charge in [-0.1, -0.05) is 64.3 Å². The second kappa shape index (κ2) is 8.03. The first kappa shape index (κ1) is 18.8. The average Bonchev–Trinajstić information content (AvgIpc) is 3.10. The van der Waals surface area contributed by atoms with Gasteiger partial charge in [-0.05, 0) is 12.1 Å². The second-order valence-corrected chi connectivity index (χ2v) is 5.28. The topological polar surface area (TPSA) is 37.1 Å². The molecule has 0 saturated heterocycles. The molecule has 0 spiro atoms. The highest BCUT2D eigenvalue weighted by molar-refractivity contribution is 6.09. The lowest BCUT2D eigenvalue weighted by Crippen LogP contribution is -3.00. The first-order valence-corrected chi connectivity index (χ1v) is 7.48. The van der Waals surface area contributed by atoms with Gasteiger partial charge in [0.1, 0.15) is 0 Å². The third-order valence-corrected chi connectivity index (χ3v) is 3.91. The fourth-order valence-corrected chi connectivity index (χ4v) is 2.85. The van der Waals surface area contributed by atoms with Crippen LogP contribution in [0.5, 0.6) is 0 Å². The van der Waals surface area contributed by atoms with Crippen molar-refractivity contribution in [3.8, 4) is 0 Å². The summed E-state index contributed by atoms with van der Waals surface area (Å²) in [7, 11) is 0. The maximum Gasteiger partial charge on any atom is 0.294 e. The summed E-state index contributed by atoms with van der Waals surface area (Å²) in [4.78, 5) is 0. The maximum absolute atomic E-state index is 4.52. The number of benzene rings is 3. The molecule has 1 heterocycles. The monoisotopic (exact) mass is 370 g/mol. The van der Waals surface area contributed by atoms with Crippen LogP contribution in [0.2, 0.25) is 0 Å². The average molecular weight is 371 g/mol. The summed E-state index contributed by atoms with van der Waals surface area (Å²) in [5.74, 6) is 0.794. The van der Waals surface area contributed by atoms with Gasteiger partial charge in [0.25, 0.3) is 5.84 Å². The molecule has 1 aliphatic rings. The Hall–Kier alpha value is -2.53. The highest BCUT2D eigenvalue weighted by Crippen LogP contribution is 2.40. The predicted molar refractivity (Wildman–Crippen MR) is 99.4 cm³/mol. The molecule has 0 aromatic heterocycles. The molecule has 4 nitrogen and oxygen atoms in total. The lowest BCUT2D eigenvalue weighted by molar-refractivity contribution is -0.00000470. The van der Waals surface area contributed by atoms with Gasteiger partial charge in [-0.3, -0.25) is 0 Å². The molecule has 0 N–H and O–H groups in total. The van der Waals surface area contributed by atoms with Crippen molar-refractivity contribution in [3.63, 3.8) is 0 Å². The summed E-state index contributed by atoms with van der Waals surface area (Å²) < 4.78 is 0.145. The van der Waals surface area contributed by atoms with Crippen molar-refractivity contribution < 1.29 is 12.4 Å². The Morgan fingerprint density at radius 1 is 0.600 bits per heavy atom. The van der Waals surface area contributed by atoms with E-state index in [-0.39, 0.29) is 29.4 Å². The fraction of sp³-hybridized carbons (Fsp3) is 0. The van der Waals surface area contributed by atoms with Gasteiger partial charge >= 0.3 is 0 Å². The number of rotatable bonds is 3. The molecule has 0 aliphatic carbocycles. The normalized spacial score (nSPS) is 14.2. The fourth-order valence-electron chi connectivity index (χ4n) is 2.85. The van der Waals surface area contributed by atoms with Gasteiger partial charge in [0, 0.05) is 29.5 Å². The van der Waals surface area contributed by atoms with E-state index >= 15 is 0 Å². The Kier molecular flexibility index (Phi) is 6.04. The first-order chi connectivity index (χ1) is 11.4. The zero-order valence-corrected chi connectivity index (χ0v) is 14.8. The van der Waals surface area contributed by atoms with Crippen LogP contribution in [0.4, 0.5) is 11.4 Å². The van der Waals surface area contributed by atoms with Crippen molar-refractivity contribution in [2.45, 2.75) is 0 Å². The first-order valence-electron chi connectivity index (χ1n) is 7.48. The molecule has 0 radical (unpaired) electrons. The summed E-state index contributed by atoms with van der Waals surface area (Å²) in [5, 5.41) is 12.9. The lowest BCUT2D eigenvalue weighted by atomic mass is 10.1. The Morgan fingerprint density at radius 2 is 1.04 bits per heavy atom. The van der Waals surface area contributed by atoms with Crippen LogP contribution in [-0.2, 0) is 0 Å². The van der Waals surface area contributed by atoms with Gasteiger partial charge in [-0.15, -0.1) is 12.4 Å². The molecule has 0 fully saturated rings. The van der Waals surface area contributed by atoms with Crippen LogP contribution in [0.3, 0.4) is 0 Å². The third kappa shape index (κ3) is 3.20. The predicted octanol–water partition coefficient (Wildman–Crippen LogP) is 2.49. The van der Waals surface area contributed by atoms with Crippen LogP contribution in [0.15, 0.2) is 107 Å². The summed E-state index contributed by atoms with van der Waals surface area (Å²) >= 11 is 0. The van der Waals surface area contributed by atoms with Crippen LogP contribution in [0.25, 0.3) is 0 Å². The molecule has 0 unspecified atom stereocenters. The molecular weight excluding hydrogens is 355 g/mol. The van der Waals surface area contributed by atoms with Gasteiger partial charge in [0.05, 0.1) is 10.8 Å². The summed E-state index contributed by atoms with van der Waals surface area (Å²) in [6.45, 7) is 0. The van der Waals surface area contributed by atoms with Crippen LogP contribution < -0.4 is 17.0 Å². The van der Waals surface area contributed by atoms with E-state index < -0.39 is 0 Å². The largest absolute Gasteiger partial charge is 1.00 e. The van der Waals surface area contributed by atoms with E-state index in [1.807, 2.05) is 66.7 Å². The Bertz CT molecular complexity index is 826. The van der Waals surface area contributed by atoms with Crippen molar-refractivity contribution in [3.05, 3.63) is 96.6 Å². The van der Waals surface area contributed by atoms with E-state index in [1.165, 1.54) is 0 Å². The van der Waals surface area contributed by atoms with Gasteiger partial charge < -0.3 is 12.4 Å². The van der Waals surface area contributed by atoms with E-state index in [0.29, 0.717) is 0 Å². The molecule has 0 amide bonds. The molecule has 0 atom stereocenters. The Labute approximate surface area is 158 Å². The van der Waals surface area contributed by atoms with E-state index in [1.54, 1.807) is 0 Å². The molecule has 126 valence electrons. The van der Waals surface area contributed by atoms with Crippen molar-refractivity contribution in [1.82, 2.24) is 4.59 Å². The van der Waals surface area contributed by atoms with E-state index in [4.69, 9.17) is 0 Å². The molecule has 0 saturated carbocycles. The lowest BCUT2D eigenvalue weighted by Gasteiger charge is -2.26. The minimum absolute atomic E-state index is 0. The number of hydrogen-bond donors (Lipinski definition) is 0. The quantitative estimate of drug-likeness (QED) is 0.635. The van der Waals surface area contributed by atoms with Crippen LogP contribution in [0.1, 0.15) is 5.56 Å². The summed E-state index contributed by atoms with van der Waals surface area (Å²) in [6, 6.07) is 30.3. The minimum Gasteiger partial charge on any atom is -1.00 e. The van der Waals surface area contributed by atoms with E-state index in [9.17, 15) is 0 Å². The Balaban J connectivity index is 0.00000113. The minimum atomic E-state index is 0. The number of hydrogen-bond acceptors (Lipinski definition) is 3. The summed E-state index contributed by atoms with van der Waals surface area (Å²) in [5.41, 5.74) is 3.01. The zero-order chi connectivity index (χ0) is 15.5. The van der Waals surface area contributed by atoms with Gasteiger partial charge in [0.15, 0.2) is 11.4 Å².